The lowest BCUT2D eigenvalue weighted by atomic mass is 9.98. The molecular formula is C14H19N3OS. The summed E-state index contributed by atoms with van der Waals surface area (Å²) in [5, 5.41) is 0. The minimum absolute atomic E-state index is 0.260. The molecular weight excluding hydrogens is 258 g/mol. The monoisotopic (exact) mass is 277 g/mol. The Morgan fingerprint density at radius 1 is 1.37 bits per heavy atom. The van der Waals surface area contributed by atoms with Crippen LogP contribution in [0.2, 0.25) is 0 Å². The van der Waals surface area contributed by atoms with Crippen LogP contribution >= 0.6 is 12.2 Å². The van der Waals surface area contributed by atoms with Gasteiger partial charge in [-0.3, -0.25) is 4.79 Å². The van der Waals surface area contributed by atoms with Crippen LogP contribution in [-0.2, 0) is 4.79 Å². The summed E-state index contributed by atoms with van der Waals surface area (Å²) in [6.07, 6.45) is 2.87. The predicted octanol–water partition coefficient (Wildman–Crippen LogP) is 1.47. The molecule has 1 aromatic rings. The van der Waals surface area contributed by atoms with Crippen LogP contribution in [0.15, 0.2) is 18.2 Å². The number of primary amides is 1. The molecule has 0 spiro atoms. The molecule has 2 rings (SSSR count). The maximum Gasteiger partial charge on any atom is 0.240 e. The number of benzene rings is 1. The number of piperidine rings is 1. The Morgan fingerprint density at radius 2 is 2.11 bits per heavy atom. The average Bonchev–Trinajstić information content (AvgIpc) is 2.38. The fraction of sp³-hybridized carbons (Fsp3) is 0.429. The second-order valence-corrected chi connectivity index (χ2v) is 5.43. The van der Waals surface area contributed by atoms with E-state index < -0.39 is 0 Å². The fourth-order valence-electron chi connectivity index (χ4n) is 2.61. The van der Waals surface area contributed by atoms with E-state index >= 15 is 0 Å². The largest absolute Gasteiger partial charge is 0.389 e. The first-order valence-corrected chi connectivity index (χ1v) is 6.88. The Hall–Kier alpha value is -1.62. The molecule has 1 fully saturated rings. The lowest BCUT2D eigenvalue weighted by Crippen LogP contribution is -2.48. The van der Waals surface area contributed by atoms with Crippen molar-refractivity contribution >= 4 is 28.8 Å². The first-order valence-electron chi connectivity index (χ1n) is 6.47. The third-order valence-corrected chi connectivity index (χ3v) is 3.78. The molecule has 1 amide bonds. The van der Waals surface area contributed by atoms with Gasteiger partial charge in [0.2, 0.25) is 5.91 Å². The SMILES string of the molecule is Cc1ccc(N2CCCCC2C(N)=O)c(C(N)=S)c1. The van der Waals surface area contributed by atoms with E-state index in [1.54, 1.807) is 0 Å². The highest BCUT2D eigenvalue weighted by atomic mass is 32.1. The molecule has 4 N–H and O–H groups in total. The number of hydrogen-bond acceptors (Lipinski definition) is 3. The van der Waals surface area contributed by atoms with Gasteiger partial charge in [0.25, 0.3) is 0 Å². The molecule has 0 aromatic heterocycles. The van der Waals surface area contributed by atoms with Crippen LogP contribution in [0.5, 0.6) is 0 Å². The fourth-order valence-corrected chi connectivity index (χ4v) is 2.78. The lowest BCUT2D eigenvalue weighted by molar-refractivity contribution is -0.119. The summed E-state index contributed by atoms with van der Waals surface area (Å²) in [6, 6.07) is 5.68. The van der Waals surface area contributed by atoms with Gasteiger partial charge in [-0.1, -0.05) is 23.8 Å². The van der Waals surface area contributed by atoms with Crippen LogP contribution < -0.4 is 16.4 Å². The molecule has 0 aliphatic carbocycles. The summed E-state index contributed by atoms with van der Waals surface area (Å²) in [4.78, 5) is 14.0. The van der Waals surface area contributed by atoms with E-state index in [4.69, 9.17) is 23.7 Å². The van der Waals surface area contributed by atoms with E-state index in [1.165, 1.54) is 0 Å². The van der Waals surface area contributed by atoms with Crippen molar-refractivity contribution in [2.24, 2.45) is 11.5 Å². The van der Waals surface area contributed by atoms with Gasteiger partial charge in [-0.25, -0.2) is 0 Å². The highest BCUT2D eigenvalue weighted by Crippen LogP contribution is 2.28. The Morgan fingerprint density at radius 3 is 2.74 bits per heavy atom. The van der Waals surface area contributed by atoms with Gasteiger partial charge in [0.15, 0.2) is 0 Å². The number of anilines is 1. The minimum atomic E-state index is -0.283. The summed E-state index contributed by atoms with van der Waals surface area (Å²) >= 11 is 5.12. The van der Waals surface area contributed by atoms with Crippen LogP contribution in [-0.4, -0.2) is 23.5 Å². The summed E-state index contributed by atoms with van der Waals surface area (Å²) < 4.78 is 0. The molecule has 1 aliphatic rings. The van der Waals surface area contributed by atoms with E-state index in [0.29, 0.717) is 4.99 Å². The quantitative estimate of drug-likeness (QED) is 0.821. The first kappa shape index (κ1) is 13.8. The van der Waals surface area contributed by atoms with Gasteiger partial charge in [-0.2, -0.15) is 0 Å². The number of carbonyl (C=O) groups is 1. The normalized spacial score (nSPS) is 19.2. The smallest absolute Gasteiger partial charge is 0.240 e. The van der Waals surface area contributed by atoms with Gasteiger partial charge >= 0.3 is 0 Å². The number of rotatable bonds is 3. The number of nitrogens with zero attached hydrogens (tertiary/aromatic N) is 1. The number of thiocarbonyl (C=S) groups is 1. The summed E-state index contributed by atoms with van der Waals surface area (Å²) in [6.45, 7) is 2.81. The second kappa shape index (κ2) is 5.57. The maximum atomic E-state index is 11.6. The number of hydrogen-bond donors (Lipinski definition) is 2. The van der Waals surface area contributed by atoms with Crippen molar-refractivity contribution in [3.05, 3.63) is 29.3 Å². The molecule has 19 heavy (non-hydrogen) atoms. The number of amides is 1. The highest BCUT2D eigenvalue weighted by Gasteiger charge is 2.28. The van der Waals surface area contributed by atoms with Crippen LogP contribution in [0.3, 0.4) is 0 Å². The van der Waals surface area contributed by atoms with Crippen molar-refractivity contribution in [3.63, 3.8) is 0 Å². The van der Waals surface area contributed by atoms with Gasteiger partial charge in [-0.05, 0) is 38.3 Å². The minimum Gasteiger partial charge on any atom is -0.389 e. The zero-order valence-electron chi connectivity index (χ0n) is 11.1. The molecule has 5 heteroatoms. The molecule has 1 heterocycles. The Labute approximate surface area is 118 Å². The standard InChI is InChI=1S/C14H19N3OS/c1-9-5-6-11(10(8-9)14(16)19)17-7-3-2-4-12(17)13(15)18/h5-6,8,12H,2-4,7H2,1H3,(H2,15,18)(H2,16,19). The molecule has 0 bridgehead atoms. The van der Waals surface area contributed by atoms with E-state index in [9.17, 15) is 4.79 Å². The van der Waals surface area contributed by atoms with Gasteiger partial charge in [0.1, 0.15) is 11.0 Å². The topological polar surface area (TPSA) is 72.3 Å². The third kappa shape index (κ3) is 2.87. The first-order chi connectivity index (χ1) is 9.00. The molecule has 1 aromatic carbocycles. The van der Waals surface area contributed by atoms with Crippen molar-refractivity contribution in [1.29, 1.82) is 0 Å². The van der Waals surface area contributed by atoms with Crippen molar-refractivity contribution in [2.75, 3.05) is 11.4 Å². The van der Waals surface area contributed by atoms with Crippen molar-refractivity contribution in [1.82, 2.24) is 0 Å². The second-order valence-electron chi connectivity index (χ2n) is 4.99. The zero-order chi connectivity index (χ0) is 14.0. The number of carbonyl (C=O) groups excluding carboxylic acids is 1. The highest BCUT2D eigenvalue weighted by molar-refractivity contribution is 7.80. The molecule has 102 valence electrons. The molecule has 1 saturated heterocycles. The van der Waals surface area contributed by atoms with E-state index in [0.717, 1.165) is 42.6 Å². The molecule has 0 saturated carbocycles. The molecule has 1 unspecified atom stereocenters. The van der Waals surface area contributed by atoms with Crippen LogP contribution in [0, 0.1) is 6.92 Å². The maximum absolute atomic E-state index is 11.6. The zero-order valence-corrected chi connectivity index (χ0v) is 11.9. The summed E-state index contributed by atoms with van der Waals surface area (Å²) in [7, 11) is 0. The molecule has 1 atom stereocenters. The lowest BCUT2D eigenvalue weighted by Gasteiger charge is -2.36. The molecule has 0 radical (unpaired) electrons. The van der Waals surface area contributed by atoms with Gasteiger partial charge in [-0.15, -0.1) is 0 Å². The summed E-state index contributed by atoms with van der Waals surface area (Å²) in [5.41, 5.74) is 14.1. The number of aryl methyl sites for hydroxylation is 1. The van der Waals surface area contributed by atoms with Crippen molar-refractivity contribution in [2.45, 2.75) is 32.2 Å². The Balaban J connectivity index is 2.44. The van der Waals surface area contributed by atoms with Crippen molar-refractivity contribution < 1.29 is 4.79 Å². The molecule has 1 aliphatic heterocycles. The van der Waals surface area contributed by atoms with E-state index in [-0.39, 0.29) is 11.9 Å². The van der Waals surface area contributed by atoms with Crippen LogP contribution in [0.25, 0.3) is 0 Å². The van der Waals surface area contributed by atoms with E-state index in [2.05, 4.69) is 0 Å². The summed E-state index contributed by atoms with van der Waals surface area (Å²) in [5.74, 6) is -0.283. The van der Waals surface area contributed by atoms with Crippen molar-refractivity contribution in [3.8, 4) is 0 Å². The van der Waals surface area contributed by atoms with Gasteiger partial charge < -0.3 is 16.4 Å². The third-order valence-electron chi connectivity index (χ3n) is 3.56. The Bertz CT molecular complexity index is 515. The van der Waals surface area contributed by atoms with E-state index in [1.807, 2.05) is 30.0 Å². The average molecular weight is 277 g/mol. The number of nitrogens with two attached hydrogens (primary N) is 2. The van der Waals surface area contributed by atoms with Gasteiger partial charge in [0, 0.05) is 17.8 Å². The Kier molecular flexibility index (Phi) is 4.04. The van der Waals surface area contributed by atoms with Crippen LogP contribution in [0.4, 0.5) is 5.69 Å². The van der Waals surface area contributed by atoms with Gasteiger partial charge in [0.05, 0.1) is 0 Å². The van der Waals surface area contributed by atoms with Crippen LogP contribution in [0.1, 0.15) is 30.4 Å². The molecule has 4 nitrogen and oxygen atoms in total. The predicted molar refractivity (Wildman–Crippen MR) is 81.2 cm³/mol.